The summed E-state index contributed by atoms with van der Waals surface area (Å²) in [7, 11) is 0. The van der Waals surface area contributed by atoms with Crippen molar-refractivity contribution in [3.8, 4) is 0 Å². The molecule has 126 valence electrons. The van der Waals surface area contributed by atoms with Crippen LogP contribution in [0.1, 0.15) is 22.8 Å². The molecule has 0 saturated heterocycles. The van der Waals surface area contributed by atoms with Gasteiger partial charge in [-0.1, -0.05) is 12.1 Å². The van der Waals surface area contributed by atoms with E-state index in [-0.39, 0.29) is 0 Å². The second-order valence-corrected chi connectivity index (χ2v) is 5.46. The van der Waals surface area contributed by atoms with Gasteiger partial charge in [0.15, 0.2) is 0 Å². The Labute approximate surface area is 146 Å². The van der Waals surface area contributed by atoms with Crippen molar-refractivity contribution in [1.82, 2.24) is 20.2 Å². The van der Waals surface area contributed by atoms with Crippen LogP contribution in [0.15, 0.2) is 64.8 Å². The van der Waals surface area contributed by atoms with E-state index in [1.165, 1.54) is 0 Å². The highest BCUT2D eigenvalue weighted by Gasteiger charge is 1.96. The largest absolute Gasteiger partial charge is 0.291 e. The van der Waals surface area contributed by atoms with E-state index < -0.39 is 0 Å². The molecule has 0 radical (unpaired) electrons. The highest BCUT2D eigenvalue weighted by molar-refractivity contribution is 5.83. The summed E-state index contributed by atoms with van der Waals surface area (Å²) in [6.45, 7) is 1.39. The molecule has 0 amide bonds. The molecule has 0 bridgehead atoms. The van der Waals surface area contributed by atoms with Crippen molar-refractivity contribution in [2.24, 2.45) is 9.98 Å². The van der Waals surface area contributed by atoms with E-state index in [0.29, 0.717) is 13.1 Å². The standard InChI is InChI=1S/C19H20N6/c1-3-9-22-16(5-1)7-11-20-14-18-13-19(25-24-18)15-21-12-8-17-6-2-4-10-23-17/h1-6,9-10,13-15H,7-8,11-12H2,(H,24,25). The number of aromatic amines is 1. The molecular formula is C19H20N6. The molecule has 6 heteroatoms. The summed E-state index contributed by atoms with van der Waals surface area (Å²) >= 11 is 0. The van der Waals surface area contributed by atoms with Crippen molar-refractivity contribution in [3.63, 3.8) is 0 Å². The molecule has 3 rings (SSSR count). The van der Waals surface area contributed by atoms with Crippen LogP contribution in [0.25, 0.3) is 0 Å². The summed E-state index contributed by atoms with van der Waals surface area (Å²) in [4.78, 5) is 17.3. The zero-order chi connectivity index (χ0) is 17.2. The normalized spacial score (nSPS) is 11.5. The summed E-state index contributed by atoms with van der Waals surface area (Å²) in [6, 6.07) is 13.7. The molecule has 0 spiro atoms. The molecule has 1 N–H and O–H groups in total. The van der Waals surface area contributed by atoms with Gasteiger partial charge in [-0.05, 0) is 30.3 Å². The van der Waals surface area contributed by atoms with Crippen LogP contribution in [-0.2, 0) is 12.8 Å². The summed E-state index contributed by atoms with van der Waals surface area (Å²) in [5, 5.41) is 7.15. The van der Waals surface area contributed by atoms with Gasteiger partial charge in [-0.3, -0.25) is 25.1 Å². The molecular weight excluding hydrogens is 312 g/mol. The minimum absolute atomic E-state index is 0.692. The summed E-state index contributed by atoms with van der Waals surface area (Å²) < 4.78 is 0. The van der Waals surface area contributed by atoms with Gasteiger partial charge in [0.1, 0.15) is 5.69 Å². The van der Waals surface area contributed by atoms with Gasteiger partial charge in [0.25, 0.3) is 0 Å². The first-order valence-corrected chi connectivity index (χ1v) is 8.25. The lowest BCUT2D eigenvalue weighted by Crippen LogP contribution is -1.93. The van der Waals surface area contributed by atoms with Crippen molar-refractivity contribution in [3.05, 3.63) is 77.6 Å². The zero-order valence-electron chi connectivity index (χ0n) is 13.9. The third kappa shape index (κ3) is 5.76. The van der Waals surface area contributed by atoms with Crippen molar-refractivity contribution in [2.75, 3.05) is 13.1 Å². The third-order valence-corrected chi connectivity index (χ3v) is 3.52. The molecule has 25 heavy (non-hydrogen) atoms. The van der Waals surface area contributed by atoms with Crippen molar-refractivity contribution in [2.45, 2.75) is 12.8 Å². The third-order valence-electron chi connectivity index (χ3n) is 3.52. The molecule has 0 aliphatic heterocycles. The number of hydrogen-bond acceptors (Lipinski definition) is 5. The Balaban J connectivity index is 1.42. The van der Waals surface area contributed by atoms with E-state index in [0.717, 1.165) is 35.6 Å². The van der Waals surface area contributed by atoms with Crippen LogP contribution in [-0.4, -0.2) is 45.7 Å². The molecule has 0 atom stereocenters. The molecule has 3 aromatic rings. The van der Waals surface area contributed by atoms with Crippen molar-refractivity contribution < 1.29 is 0 Å². The minimum atomic E-state index is 0.692. The van der Waals surface area contributed by atoms with E-state index in [1.54, 1.807) is 24.8 Å². The molecule has 0 aromatic carbocycles. The first kappa shape index (κ1) is 16.7. The highest BCUT2D eigenvalue weighted by atomic mass is 15.1. The second kappa shape index (κ2) is 9.22. The maximum absolute atomic E-state index is 4.40. The number of pyridine rings is 2. The van der Waals surface area contributed by atoms with E-state index in [9.17, 15) is 0 Å². The van der Waals surface area contributed by atoms with Gasteiger partial charge in [-0.25, -0.2) is 0 Å². The first-order valence-electron chi connectivity index (χ1n) is 8.25. The molecule has 0 aliphatic carbocycles. The van der Waals surface area contributed by atoms with Gasteiger partial charge in [-0.15, -0.1) is 0 Å². The van der Waals surface area contributed by atoms with E-state index in [4.69, 9.17) is 0 Å². The second-order valence-electron chi connectivity index (χ2n) is 5.46. The molecule has 0 fully saturated rings. The number of rotatable bonds is 8. The average molecular weight is 332 g/mol. The summed E-state index contributed by atoms with van der Waals surface area (Å²) in [5.41, 5.74) is 3.76. The van der Waals surface area contributed by atoms with Crippen molar-refractivity contribution in [1.29, 1.82) is 0 Å². The van der Waals surface area contributed by atoms with Crippen LogP contribution >= 0.6 is 0 Å². The van der Waals surface area contributed by atoms with Crippen LogP contribution in [0.4, 0.5) is 0 Å². The lowest BCUT2D eigenvalue weighted by Gasteiger charge is -1.95. The minimum Gasteiger partial charge on any atom is -0.291 e. The predicted octanol–water partition coefficient (Wildman–Crippen LogP) is 2.52. The predicted molar refractivity (Wildman–Crippen MR) is 99.4 cm³/mol. The Bertz CT molecular complexity index is 740. The van der Waals surface area contributed by atoms with Crippen LogP contribution in [0.5, 0.6) is 0 Å². The van der Waals surface area contributed by atoms with Crippen LogP contribution in [0.3, 0.4) is 0 Å². The van der Waals surface area contributed by atoms with Crippen LogP contribution < -0.4 is 0 Å². The number of nitrogens with zero attached hydrogens (tertiary/aromatic N) is 5. The smallest absolute Gasteiger partial charge is 0.103 e. The zero-order valence-corrected chi connectivity index (χ0v) is 13.9. The molecule has 0 saturated carbocycles. The monoisotopic (exact) mass is 332 g/mol. The number of hydrogen-bond donors (Lipinski definition) is 1. The van der Waals surface area contributed by atoms with Gasteiger partial charge >= 0.3 is 0 Å². The maximum atomic E-state index is 4.40. The maximum Gasteiger partial charge on any atom is 0.103 e. The highest BCUT2D eigenvalue weighted by Crippen LogP contribution is 1.98. The fourth-order valence-corrected chi connectivity index (χ4v) is 2.26. The van der Waals surface area contributed by atoms with Gasteiger partial charge in [0.05, 0.1) is 5.69 Å². The fraction of sp³-hybridized carbons (Fsp3) is 0.211. The van der Waals surface area contributed by atoms with E-state index >= 15 is 0 Å². The molecule has 0 aliphatic rings. The molecule has 6 nitrogen and oxygen atoms in total. The van der Waals surface area contributed by atoms with Crippen molar-refractivity contribution >= 4 is 12.4 Å². The Morgan fingerprint density at radius 2 is 1.48 bits per heavy atom. The number of aliphatic imine (C=N–C) groups is 2. The molecule has 0 unspecified atom stereocenters. The Kier molecular flexibility index (Phi) is 6.16. The fourth-order valence-electron chi connectivity index (χ4n) is 2.26. The van der Waals surface area contributed by atoms with Gasteiger partial charge in [-0.2, -0.15) is 5.10 Å². The first-order chi connectivity index (χ1) is 12.4. The Hall–Kier alpha value is -3.15. The van der Waals surface area contributed by atoms with Crippen LogP contribution in [0, 0.1) is 0 Å². The van der Waals surface area contributed by atoms with Gasteiger partial charge < -0.3 is 0 Å². The molecule has 3 aromatic heterocycles. The number of H-pyrrole nitrogens is 1. The summed E-state index contributed by atoms with van der Waals surface area (Å²) in [6.07, 6.45) is 8.81. The van der Waals surface area contributed by atoms with E-state index in [2.05, 4.69) is 30.2 Å². The topological polar surface area (TPSA) is 79.2 Å². The number of nitrogens with one attached hydrogen (secondary N) is 1. The lowest BCUT2D eigenvalue weighted by atomic mass is 10.3. The lowest BCUT2D eigenvalue weighted by molar-refractivity contribution is 0.925. The van der Waals surface area contributed by atoms with E-state index in [1.807, 2.05) is 42.5 Å². The SMILES string of the molecule is C(=NCCc1ccccn1)c1cc(C=NCCc2ccccn2)[nH]n1. The average Bonchev–Trinajstić information content (AvgIpc) is 3.12. The number of aromatic nitrogens is 4. The Morgan fingerprint density at radius 1 is 0.840 bits per heavy atom. The Morgan fingerprint density at radius 3 is 2.08 bits per heavy atom. The van der Waals surface area contributed by atoms with Gasteiger partial charge in [0, 0.05) is 62.1 Å². The van der Waals surface area contributed by atoms with Gasteiger partial charge in [0.2, 0.25) is 0 Å². The summed E-state index contributed by atoms with van der Waals surface area (Å²) in [5.74, 6) is 0. The quantitative estimate of drug-likeness (QED) is 0.644. The van der Waals surface area contributed by atoms with Crippen LogP contribution in [0.2, 0.25) is 0 Å². The molecule has 3 heterocycles.